The number of hydrogen-bond donors (Lipinski definition) is 3. The van der Waals surface area contributed by atoms with Crippen molar-refractivity contribution in [3.05, 3.63) is 157 Å². The van der Waals surface area contributed by atoms with Crippen LogP contribution >= 0.6 is 0 Å². The largest absolute Gasteiger partial charge is 0.394 e. The summed E-state index contributed by atoms with van der Waals surface area (Å²) in [5.41, 5.74) is 8.20. The molecule has 0 amide bonds. The minimum absolute atomic E-state index is 0.102. The Labute approximate surface area is 252 Å². The number of nitrogens with one attached hydrogen (secondary N) is 3. The molecule has 0 bridgehead atoms. The Morgan fingerprint density at radius 2 is 1.26 bits per heavy atom. The number of fused-ring (bicyclic) bond motifs is 5. The van der Waals surface area contributed by atoms with E-state index >= 15 is 0 Å². The van der Waals surface area contributed by atoms with Gasteiger partial charge in [-0.2, -0.15) is 0 Å². The van der Waals surface area contributed by atoms with Crippen molar-refractivity contribution in [2.75, 3.05) is 12.4 Å². The molecule has 7 aromatic rings. The van der Waals surface area contributed by atoms with Crippen LogP contribution in [-0.2, 0) is 6.54 Å². The maximum Gasteiger partial charge on any atom is 0.105 e. The van der Waals surface area contributed by atoms with Gasteiger partial charge >= 0.3 is 0 Å². The zero-order valence-corrected chi connectivity index (χ0v) is 24.2. The summed E-state index contributed by atoms with van der Waals surface area (Å²) in [5.74, 6) is 0. The van der Waals surface area contributed by atoms with Gasteiger partial charge in [-0.3, -0.25) is 5.32 Å². The first kappa shape index (κ1) is 26.6. The Kier molecular flexibility index (Phi) is 7.34. The zero-order valence-electron chi connectivity index (χ0n) is 24.2. The van der Waals surface area contributed by atoms with Crippen molar-refractivity contribution >= 4 is 44.0 Å². The molecule has 0 radical (unpaired) electrons. The number of aromatic nitrogens is 1. The molecule has 0 fully saturated rings. The van der Waals surface area contributed by atoms with Crippen LogP contribution in [0.5, 0.6) is 0 Å². The molecule has 3 N–H and O–H groups in total. The first-order valence-corrected chi connectivity index (χ1v) is 14.8. The zero-order chi connectivity index (χ0) is 29.0. The molecule has 0 aliphatic carbocycles. The van der Waals surface area contributed by atoms with Crippen molar-refractivity contribution in [2.24, 2.45) is 0 Å². The fourth-order valence-electron chi connectivity index (χ4n) is 6.18. The molecule has 4 heteroatoms. The van der Waals surface area contributed by atoms with Gasteiger partial charge < -0.3 is 15.2 Å². The second kappa shape index (κ2) is 11.9. The van der Waals surface area contributed by atoms with E-state index in [9.17, 15) is 0 Å². The van der Waals surface area contributed by atoms with Crippen LogP contribution in [0.4, 0.5) is 11.4 Å². The number of rotatable bonds is 9. The highest BCUT2D eigenvalue weighted by Gasteiger charge is 2.25. The highest BCUT2D eigenvalue weighted by molar-refractivity contribution is 6.28. The second-order valence-electron chi connectivity index (χ2n) is 10.7. The molecule has 6 aromatic carbocycles. The summed E-state index contributed by atoms with van der Waals surface area (Å²) in [7, 11) is 1.95. The third-order valence-electron chi connectivity index (χ3n) is 8.05. The Hall–Kier alpha value is -5.32. The van der Waals surface area contributed by atoms with Gasteiger partial charge in [0.2, 0.25) is 0 Å². The van der Waals surface area contributed by atoms with Gasteiger partial charge in [-0.1, -0.05) is 121 Å². The number of benzene rings is 6. The third-order valence-corrected chi connectivity index (χ3v) is 8.05. The third kappa shape index (κ3) is 5.03. The summed E-state index contributed by atoms with van der Waals surface area (Å²) in [6.07, 6.45) is 4.13. The summed E-state index contributed by atoms with van der Waals surface area (Å²) < 4.78 is 2.47. The quantitative estimate of drug-likeness (QED) is 0.165. The predicted molar refractivity (Wildman–Crippen MR) is 183 cm³/mol. The van der Waals surface area contributed by atoms with Crippen LogP contribution in [0.3, 0.4) is 0 Å². The van der Waals surface area contributed by atoms with Gasteiger partial charge in [-0.05, 0) is 41.6 Å². The molecule has 1 aromatic heterocycles. The minimum Gasteiger partial charge on any atom is -0.394 e. The molecule has 0 saturated heterocycles. The number of anilines is 2. The first-order chi connectivity index (χ1) is 21.3. The van der Waals surface area contributed by atoms with Gasteiger partial charge in [0.1, 0.15) is 6.17 Å². The van der Waals surface area contributed by atoms with Crippen LogP contribution in [0, 0.1) is 0 Å². The molecule has 43 heavy (non-hydrogen) atoms. The number of nitrogens with zero attached hydrogens (tertiary/aromatic N) is 1. The van der Waals surface area contributed by atoms with Crippen molar-refractivity contribution in [1.29, 1.82) is 0 Å². The fourth-order valence-corrected chi connectivity index (χ4v) is 6.18. The Morgan fingerprint density at radius 1 is 0.651 bits per heavy atom. The summed E-state index contributed by atoms with van der Waals surface area (Å²) in [4.78, 5) is 0. The van der Waals surface area contributed by atoms with Crippen molar-refractivity contribution in [2.45, 2.75) is 12.7 Å². The number of hydrogen-bond acceptors (Lipinski definition) is 3. The van der Waals surface area contributed by atoms with Crippen LogP contribution in [0.2, 0.25) is 0 Å². The van der Waals surface area contributed by atoms with E-state index in [1.165, 1.54) is 49.3 Å². The van der Waals surface area contributed by atoms with E-state index in [4.69, 9.17) is 0 Å². The SMILES string of the molecule is CN/C=C\C(NCc1ccccc1)n1c2ccccc2c2c(-c3ccccc3)c(Nc3ccccc3)c3ccccc3c21. The maximum absolute atomic E-state index is 3.86. The summed E-state index contributed by atoms with van der Waals surface area (Å²) in [5, 5.41) is 15.8. The first-order valence-electron chi connectivity index (χ1n) is 14.8. The van der Waals surface area contributed by atoms with Gasteiger partial charge in [0, 0.05) is 46.4 Å². The van der Waals surface area contributed by atoms with Gasteiger partial charge in [0.25, 0.3) is 0 Å². The average Bonchev–Trinajstić information content (AvgIpc) is 3.41. The van der Waals surface area contributed by atoms with E-state index in [1.807, 2.05) is 13.2 Å². The summed E-state index contributed by atoms with van der Waals surface area (Å²) in [6.45, 7) is 0.741. The Balaban J connectivity index is 1.58. The lowest BCUT2D eigenvalue weighted by molar-refractivity contribution is 0.503. The van der Waals surface area contributed by atoms with Crippen molar-refractivity contribution in [3.63, 3.8) is 0 Å². The smallest absolute Gasteiger partial charge is 0.105 e. The van der Waals surface area contributed by atoms with E-state index in [1.54, 1.807) is 0 Å². The molecular weight excluding hydrogens is 524 g/mol. The highest BCUT2D eigenvalue weighted by atomic mass is 15.2. The molecule has 4 nitrogen and oxygen atoms in total. The second-order valence-corrected chi connectivity index (χ2v) is 10.7. The summed E-state index contributed by atoms with van der Waals surface area (Å²) >= 11 is 0. The molecule has 7 rings (SSSR count). The molecule has 1 unspecified atom stereocenters. The topological polar surface area (TPSA) is 41.0 Å². The molecule has 210 valence electrons. The van der Waals surface area contributed by atoms with Crippen LogP contribution in [0.1, 0.15) is 11.7 Å². The highest BCUT2D eigenvalue weighted by Crippen LogP contribution is 2.48. The Morgan fingerprint density at radius 3 is 1.98 bits per heavy atom. The molecule has 0 aliphatic rings. The van der Waals surface area contributed by atoms with E-state index in [-0.39, 0.29) is 6.17 Å². The standard InChI is InChI=1S/C39H34N4/c1-40-26-25-35(41-27-28-15-5-2-6-16-28)43-34-24-14-13-23-33(34)37-36(29-17-7-3-8-18-29)38(42-30-19-9-4-10-20-30)31-21-11-12-22-32(31)39(37)43/h2-26,35,40-42H,27H2,1H3/b26-25-. The van der Waals surface area contributed by atoms with Gasteiger partial charge in [0.05, 0.1) is 16.7 Å². The lowest BCUT2D eigenvalue weighted by Crippen LogP contribution is -2.25. The van der Waals surface area contributed by atoms with Crippen LogP contribution in [-0.4, -0.2) is 11.6 Å². The fraction of sp³-hybridized carbons (Fsp3) is 0.0769. The lowest BCUT2D eigenvalue weighted by atomic mass is 9.92. The predicted octanol–water partition coefficient (Wildman–Crippen LogP) is 9.38. The molecule has 0 saturated carbocycles. The Bertz CT molecular complexity index is 2030. The molecule has 1 atom stereocenters. The average molecular weight is 559 g/mol. The van der Waals surface area contributed by atoms with Crippen LogP contribution in [0.15, 0.2) is 152 Å². The molecule has 1 heterocycles. The van der Waals surface area contributed by atoms with E-state index in [0.717, 1.165) is 17.9 Å². The van der Waals surface area contributed by atoms with Gasteiger partial charge in [-0.25, -0.2) is 0 Å². The van der Waals surface area contributed by atoms with E-state index in [2.05, 4.69) is 166 Å². The van der Waals surface area contributed by atoms with Crippen LogP contribution in [0.25, 0.3) is 43.7 Å². The van der Waals surface area contributed by atoms with Crippen molar-refractivity contribution < 1.29 is 0 Å². The van der Waals surface area contributed by atoms with Gasteiger partial charge in [0.15, 0.2) is 0 Å². The van der Waals surface area contributed by atoms with Crippen molar-refractivity contribution in [3.8, 4) is 11.1 Å². The van der Waals surface area contributed by atoms with Gasteiger partial charge in [-0.15, -0.1) is 0 Å². The molecular formula is C39H34N4. The molecule has 0 spiro atoms. The van der Waals surface area contributed by atoms with Crippen molar-refractivity contribution in [1.82, 2.24) is 15.2 Å². The lowest BCUT2D eigenvalue weighted by Gasteiger charge is -2.23. The normalized spacial score (nSPS) is 12.3. The van der Waals surface area contributed by atoms with E-state index < -0.39 is 0 Å². The van der Waals surface area contributed by atoms with Crippen LogP contribution < -0.4 is 16.0 Å². The van der Waals surface area contributed by atoms with E-state index in [0.29, 0.717) is 0 Å². The molecule has 0 aliphatic heterocycles. The monoisotopic (exact) mass is 558 g/mol. The number of para-hydroxylation sites is 2. The maximum atomic E-state index is 3.86. The summed E-state index contributed by atoms with van der Waals surface area (Å²) in [6, 6.07) is 49.4. The minimum atomic E-state index is -0.102.